The molecular weight excluding hydrogens is 845 g/mol. The molecule has 2 aliphatic heterocycles. The highest BCUT2D eigenvalue weighted by Gasteiger charge is 2.42. The van der Waals surface area contributed by atoms with Crippen LogP contribution in [0.1, 0.15) is 114 Å². The molecule has 0 unspecified atom stereocenters. The highest BCUT2D eigenvalue weighted by molar-refractivity contribution is 5.87. The average Bonchev–Trinajstić information content (AvgIpc) is 4.20. The van der Waals surface area contributed by atoms with Crippen LogP contribution in [-0.4, -0.2) is 93.1 Å². The molecule has 1 saturated carbocycles. The molecule has 4 amide bonds. The van der Waals surface area contributed by atoms with Crippen LogP contribution in [0.25, 0.3) is 44.8 Å². The highest BCUT2D eigenvalue weighted by atomic mass is 16.5. The molecule has 4 atom stereocenters. The molecule has 9 rings (SSSR count). The number of hydrogen-bond acceptors (Lipinski definition) is 8. The predicted molar refractivity (Wildman–Crippen MR) is 256 cm³/mol. The van der Waals surface area contributed by atoms with Crippen molar-refractivity contribution in [2.24, 2.45) is 17.3 Å². The number of imidazole rings is 2. The summed E-state index contributed by atoms with van der Waals surface area (Å²) in [6.07, 6.45) is 13.1. The summed E-state index contributed by atoms with van der Waals surface area (Å²) in [6, 6.07) is 20.4. The van der Waals surface area contributed by atoms with Crippen LogP contribution < -0.4 is 10.6 Å². The minimum Gasteiger partial charge on any atom is -0.453 e. The standard InChI is InChI=1S/C53H64N8O6/c1-31(2)45(58-51(64)66-5)49(62)60-23-9-11-43(60)47-54-29-41(56-47)35-17-13-33(14-18-35)37-25-38-27-53(21-7-8-22-53)28-40(38)39(26-37)34-15-19-36(20-16-34)42-30-55-48(57-42)44-12-10-24-61(44)50(63)46(32(3)4)59-52(65)67-6/h13-20,25-26,29-32,43-46H,7-12,21-24,27-28H2,1-6H3,(H,54,56)(H,55,57)(H,58,64)(H,59,65)/t43-,44-,45-,46-/m0/s1. The summed E-state index contributed by atoms with van der Waals surface area (Å²) in [7, 11) is 2.61. The number of alkyl carbamates (subject to hydrolysis) is 2. The van der Waals surface area contributed by atoms with Gasteiger partial charge in [-0.3, -0.25) is 9.59 Å². The van der Waals surface area contributed by atoms with Crippen molar-refractivity contribution >= 4 is 24.0 Å². The smallest absolute Gasteiger partial charge is 0.407 e. The van der Waals surface area contributed by atoms with Crippen LogP contribution in [-0.2, 0) is 31.9 Å². The summed E-state index contributed by atoms with van der Waals surface area (Å²) in [5.74, 6) is 1.02. The second-order valence-electron chi connectivity index (χ2n) is 19.8. The van der Waals surface area contributed by atoms with Crippen molar-refractivity contribution in [2.75, 3.05) is 27.3 Å². The molecule has 1 spiro atoms. The Kier molecular flexibility index (Phi) is 13.0. The van der Waals surface area contributed by atoms with Crippen molar-refractivity contribution in [3.8, 4) is 44.8 Å². The molecule has 2 aliphatic carbocycles. The second-order valence-corrected chi connectivity index (χ2v) is 19.8. The third-order valence-corrected chi connectivity index (χ3v) is 14.8. The lowest BCUT2D eigenvalue weighted by molar-refractivity contribution is -0.136. The fourth-order valence-electron chi connectivity index (χ4n) is 11.2. The number of methoxy groups -OCH3 is 2. The number of carbonyl (C=O) groups excluding carboxylic acids is 4. The summed E-state index contributed by atoms with van der Waals surface area (Å²) in [5, 5.41) is 5.46. The third kappa shape index (κ3) is 9.19. The number of carbonyl (C=O) groups is 4. The average molecular weight is 909 g/mol. The molecule has 67 heavy (non-hydrogen) atoms. The number of benzene rings is 3. The number of nitrogens with one attached hydrogen (secondary N) is 4. The maximum Gasteiger partial charge on any atom is 0.407 e. The highest BCUT2D eigenvalue weighted by Crippen LogP contribution is 2.52. The molecule has 4 heterocycles. The molecule has 2 aromatic heterocycles. The number of hydrogen-bond donors (Lipinski definition) is 4. The molecule has 3 aromatic carbocycles. The van der Waals surface area contributed by atoms with Crippen LogP contribution in [0.4, 0.5) is 9.59 Å². The van der Waals surface area contributed by atoms with Gasteiger partial charge in [0.2, 0.25) is 11.8 Å². The number of ether oxygens (including phenoxy) is 2. The van der Waals surface area contributed by atoms with Gasteiger partial charge in [-0.2, -0.15) is 0 Å². The molecule has 4 N–H and O–H groups in total. The monoisotopic (exact) mass is 908 g/mol. The maximum atomic E-state index is 13.7. The van der Waals surface area contributed by atoms with Gasteiger partial charge in [-0.25, -0.2) is 19.6 Å². The van der Waals surface area contributed by atoms with Crippen molar-refractivity contribution < 1.29 is 28.7 Å². The SMILES string of the molecule is COC(=O)N[C@H](C(=O)N1CCC[C@H]1c1ncc(-c2ccc(-c3cc4c(c(-c5ccc(-c6cnc([C@@H]7CCCN7C(=O)[C@@H](NC(=O)OC)C(C)C)[nH]6)cc5)c3)CC3(CCCC3)C4)cc2)[nH]1)C(C)C. The van der Waals surface area contributed by atoms with E-state index in [2.05, 4.69) is 81.3 Å². The molecule has 352 valence electrons. The number of aromatic nitrogens is 4. The number of likely N-dealkylation sites (tertiary alicyclic amines) is 2. The maximum absolute atomic E-state index is 13.7. The molecule has 14 heteroatoms. The van der Waals surface area contributed by atoms with E-state index in [0.717, 1.165) is 78.3 Å². The zero-order valence-electron chi connectivity index (χ0n) is 39.6. The van der Waals surface area contributed by atoms with Crippen molar-refractivity contribution in [3.63, 3.8) is 0 Å². The van der Waals surface area contributed by atoms with Gasteiger partial charge < -0.3 is 39.9 Å². The van der Waals surface area contributed by atoms with E-state index < -0.39 is 24.3 Å². The molecular formula is C53H64N8O6. The Labute approximate surface area is 393 Å². The third-order valence-electron chi connectivity index (χ3n) is 14.8. The number of fused-ring (bicyclic) bond motifs is 1. The first-order valence-corrected chi connectivity index (χ1v) is 24.1. The van der Waals surface area contributed by atoms with Crippen molar-refractivity contribution in [3.05, 3.63) is 95.8 Å². The van der Waals surface area contributed by atoms with E-state index in [0.29, 0.717) is 18.5 Å². The fraction of sp³-hybridized carbons (Fsp3) is 0.472. The van der Waals surface area contributed by atoms with Gasteiger partial charge in [0.05, 0.1) is 50.1 Å². The normalized spacial score (nSPS) is 19.5. The minimum absolute atomic E-state index is 0.105. The molecule has 0 radical (unpaired) electrons. The van der Waals surface area contributed by atoms with E-state index in [1.807, 2.05) is 49.9 Å². The summed E-state index contributed by atoms with van der Waals surface area (Å²) >= 11 is 0. The summed E-state index contributed by atoms with van der Waals surface area (Å²) in [5.41, 5.74) is 11.9. The first-order chi connectivity index (χ1) is 32.3. The van der Waals surface area contributed by atoms with Gasteiger partial charge in [0.25, 0.3) is 0 Å². The Bertz CT molecular complexity index is 2610. The van der Waals surface area contributed by atoms with Crippen LogP contribution >= 0.6 is 0 Å². The Morgan fingerprint density at radius 2 is 1.09 bits per heavy atom. The molecule has 4 aliphatic rings. The first kappa shape index (κ1) is 45.7. The van der Waals surface area contributed by atoms with Gasteiger partial charge in [-0.15, -0.1) is 0 Å². The van der Waals surface area contributed by atoms with Crippen molar-refractivity contribution in [1.29, 1.82) is 0 Å². The Balaban J connectivity index is 0.941. The Hall–Kier alpha value is -6.44. The van der Waals surface area contributed by atoms with E-state index in [9.17, 15) is 19.2 Å². The van der Waals surface area contributed by atoms with E-state index >= 15 is 0 Å². The molecule has 5 aromatic rings. The zero-order valence-corrected chi connectivity index (χ0v) is 39.6. The Morgan fingerprint density at radius 1 is 0.627 bits per heavy atom. The summed E-state index contributed by atoms with van der Waals surface area (Å²) < 4.78 is 9.61. The van der Waals surface area contributed by atoms with Crippen LogP contribution in [0, 0.1) is 17.3 Å². The molecule has 14 nitrogen and oxygen atoms in total. The lowest BCUT2D eigenvalue weighted by Crippen LogP contribution is -2.51. The number of rotatable bonds is 12. The van der Waals surface area contributed by atoms with Gasteiger partial charge in [0, 0.05) is 13.1 Å². The van der Waals surface area contributed by atoms with Gasteiger partial charge in [-0.05, 0) is 119 Å². The van der Waals surface area contributed by atoms with E-state index in [1.54, 1.807) is 0 Å². The quantitative estimate of drug-likeness (QED) is 0.0958. The van der Waals surface area contributed by atoms with Gasteiger partial charge >= 0.3 is 12.2 Å². The number of H-pyrrole nitrogens is 2. The first-order valence-electron chi connectivity index (χ1n) is 24.1. The summed E-state index contributed by atoms with van der Waals surface area (Å²) in [4.78, 5) is 71.9. The van der Waals surface area contributed by atoms with Crippen molar-refractivity contribution in [2.45, 2.75) is 116 Å². The van der Waals surface area contributed by atoms with Crippen LogP contribution in [0.5, 0.6) is 0 Å². The van der Waals surface area contributed by atoms with Crippen LogP contribution in [0.2, 0.25) is 0 Å². The number of aromatic amines is 2. The minimum atomic E-state index is -0.688. The largest absolute Gasteiger partial charge is 0.453 e. The zero-order chi connectivity index (χ0) is 47.0. The predicted octanol–water partition coefficient (Wildman–Crippen LogP) is 9.55. The Morgan fingerprint density at radius 3 is 1.55 bits per heavy atom. The van der Waals surface area contributed by atoms with Crippen LogP contribution in [0.3, 0.4) is 0 Å². The summed E-state index contributed by atoms with van der Waals surface area (Å²) in [6.45, 7) is 8.87. The van der Waals surface area contributed by atoms with Crippen LogP contribution in [0.15, 0.2) is 73.1 Å². The van der Waals surface area contributed by atoms with E-state index in [4.69, 9.17) is 19.4 Å². The van der Waals surface area contributed by atoms with Gasteiger partial charge in [0.15, 0.2) is 0 Å². The lowest BCUT2D eigenvalue weighted by Gasteiger charge is -2.30. The van der Waals surface area contributed by atoms with E-state index in [1.165, 1.54) is 67.7 Å². The lowest BCUT2D eigenvalue weighted by atomic mass is 9.83. The number of amides is 4. The topological polar surface area (TPSA) is 175 Å². The second kappa shape index (κ2) is 19.0. The number of nitrogens with zero attached hydrogens (tertiary/aromatic N) is 4. The molecule has 0 bridgehead atoms. The van der Waals surface area contributed by atoms with Gasteiger partial charge in [-0.1, -0.05) is 95.1 Å². The molecule has 2 saturated heterocycles. The molecule has 3 fully saturated rings. The van der Waals surface area contributed by atoms with Crippen molar-refractivity contribution in [1.82, 2.24) is 40.4 Å². The van der Waals surface area contributed by atoms with Gasteiger partial charge in [0.1, 0.15) is 23.7 Å². The van der Waals surface area contributed by atoms with E-state index in [-0.39, 0.29) is 35.7 Å². The fourth-order valence-corrected chi connectivity index (χ4v) is 11.2.